The first-order valence-electron chi connectivity index (χ1n) is 7.15. The molecular weight excluding hydrogens is 270 g/mol. The van der Waals surface area contributed by atoms with Gasteiger partial charge in [-0.3, -0.25) is 9.59 Å². The van der Waals surface area contributed by atoms with Crippen molar-refractivity contribution in [3.8, 4) is 0 Å². The number of piperazine rings is 1. The zero-order chi connectivity index (χ0) is 15.9. The van der Waals surface area contributed by atoms with Crippen LogP contribution in [0.25, 0.3) is 0 Å². The molecule has 2 unspecified atom stereocenters. The lowest BCUT2D eigenvalue weighted by Crippen LogP contribution is -2.65. The zero-order valence-electron chi connectivity index (χ0n) is 13.5. The molecule has 1 saturated heterocycles. The van der Waals surface area contributed by atoms with E-state index < -0.39 is 12.1 Å². The molecule has 0 radical (unpaired) electrons. The summed E-state index contributed by atoms with van der Waals surface area (Å²) in [6, 6.07) is -1.01. The van der Waals surface area contributed by atoms with Crippen LogP contribution in [0.1, 0.15) is 44.7 Å². The predicted molar refractivity (Wildman–Crippen MR) is 77.4 cm³/mol. The Morgan fingerprint density at radius 2 is 1.90 bits per heavy atom. The lowest BCUT2D eigenvalue weighted by molar-refractivity contribution is -0.152. The van der Waals surface area contributed by atoms with Crippen LogP contribution in [-0.4, -0.2) is 34.0 Å². The van der Waals surface area contributed by atoms with E-state index in [-0.39, 0.29) is 17.2 Å². The summed E-state index contributed by atoms with van der Waals surface area (Å²) in [5.74, 6) is 0.502. The van der Waals surface area contributed by atoms with Crippen LogP contribution in [-0.2, 0) is 16.1 Å². The van der Waals surface area contributed by atoms with Gasteiger partial charge in [-0.1, -0.05) is 25.9 Å². The van der Waals surface area contributed by atoms with Gasteiger partial charge < -0.3 is 14.7 Å². The van der Waals surface area contributed by atoms with Crippen molar-refractivity contribution in [3.05, 3.63) is 17.0 Å². The molecule has 0 spiro atoms. The van der Waals surface area contributed by atoms with Crippen LogP contribution in [0.2, 0.25) is 0 Å². The monoisotopic (exact) mass is 293 g/mol. The molecule has 1 aromatic rings. The highest BCUT2D eigenvalue weighted by Gasteiger charge is 2.43. The summed E-state index contributed by atoms with van der Waals surface area (Å²) in [7, 11) is 0. The number of nitrogens with zero attached hydrogens (tertiary/aromatic N) is 2. The molecule has 1 fully saturated rings. The van der Waals surface area contributed by atoms with Gasteiger partial charge in [0.05, 0.1) is 12.2 Å². The predicted octanol–water partition coefficient (Wildman–Crippen LogP) is 1.55. The second-order valence-electron chi connectivity index (χ2n) is 6.75. The molecular formula is C15H23N3O3. The van der Waals surface area contributed by atoms with Gasteiger partial charge in [0.2, 0.25) is 11.8 Å². The van der Waals surface area contributed by atoms with E-state index in [1.54, 1.807) is 11.8 Å². The van der Waals surface area contributed by atoms with E-state index in [4.69, 9.17) is 4.52 Å². The number of aryl methyl sites for hydroxylation is 2. The van der Waals surface area contributed by atoms with Gasteiger partial charge in [-0.2, -0.15) is 0 Å². The fraction of sp³-hybridized carbons (Fsp3) is 0.667. The van der Waals surface area contributed by atoms with Crippen molar-refractivity contribution >= 4 is 11.8 Å². The van der Waals surface area contributed by atoms with Crippen molar-refractivity contribution in [2.24, 2.45) is 5.41 Å². The SMILES string of the molecule is Cc1noc(C)c1CN1C(=O)C(C(C)(C)C)NC(=O)C1C. The summed E-state index contributed by atoms with van der Waals surface area (Å²) < 4.78 is 5.14. The van der Waals surface area contributed by atoms with Gasteiger partial charge in [-0.15, -0.1) is 0 Å². The molecule has 6 nitrogen and oxygen atoms in total. The zero-order valence-corrected chi connectivity index (χ0v) is 13.5. The van der Waals surface area contributed by atoms with Crippen LogP contribution in [0.5, 0.6) is 0 Å². The summed E-state index contributed by atoms with van der Waals surface area (Å²) in [6.45, 7) is 11.6. The minimum atomic E-state index is -0.512. The minimum Gasteiger partial charge on any atom is -0.361 e. The van der Waals surface area contributed by atoms with Gasteiger partial charge >= 0.3 is 0 Å². The van der Waals surface area contributed by atoms with Crippen LogP contribution in [0.15, 0.2) is 4.52 Å². The van der Waals surface area contributed by atoms with Crippen molar-refractivity contribution in [3.63, 3.8) is 0 Å². The Labute approximate surface area is 124 Å². The summed E-state index contributed by atoms with van der Waals surface area (Å²) in [5.41, 5.74) is 1.30. The molecule has 2 heterocycles. The van der Waals surface area contributed by atoms with Gasteiger partial charge in [0, 0.05) is 5.56 Å². The maximum Gasteiger partial charge on any atom is 0.246 e. The molecule has 1 aliphatic rings. The summed E-state index contributed by atoms with van der Waals surface area (Å²) in [4.78, 5) is 26.5. The molecule has 0 bridgehead atoms. The molecule has 116 valence electrons. The lowest BCUT2D eigenvalue weighted by Gasteiger charge is -2.42. The normalized spacial score (nSPS) is 23.4. The first kappa shape index (κ1) is 15.5. The van der Waals surface area contributed by atoms with E-state index in [9.17, 15) is 9.59 Å². The molecule has 2 atom stereocenters. The third-order valence-corrected chi connectivity index (χ3v) is 4.04. The van der Waals surface area contributed by atoms with Crippen LogP contribution in [0, 0.1) is 19.3 Å². The molecule has 6 heteroatoms. The molecule has 2 rings (SSSR count). The maximum atomic E-state index is 12.7. The lowest BCUT2D eigenvalue weighted by atomic mass is 9.84. The van der Waals surface area contributed by atoms with Crippen LogP contribution in [0.3, 0.4) is 0 Å². The van der Waals surface area contributed by atoms with E-state index >= 15 is 0 Å². The Morgan fingerprint density at radius 1 is 1.29 bits per heavy atom. The maximum absolute atomic E-state index is 12.7. The molecule has 1 aliphatic heterocycles. The average molecular weight is 293 g/mol. The quantitative estimate of drug-likeness (QED) is 0.897. The highest BCUT2D eigenvalue weighted by Crippen LogP contribution is 2.27. The molecule has 21 heavy (non-hydrogen) atoms. The largest absolute Gasteiger partial charge is 0.361 e. The van der Waals surface area contributed by atoms with E-state index in [2.05, 4.69) is 10.5 Å². The molecule has 0 aliphatic carbocycles. The topological polar surface area (TPSA) is 75.4 Å². The fourth-order valence-corrected chi connectivity index (χ4v) is 2.52. The number of aromatic nitrogens is 1. The van der Waals surface area contributed by atoms with E-state index in [0.717, 1.165) is 11.3 Å². The number of nitrogens with one attached hydrogen (secondary N) is 1. The molecule has 1 aromatic heterocycles. The number of hydrogen-bond acceptors (Lipinski definition) is 4. The molecule has 1 N–H and O–H groups in total. The molecule has 0 aromatic carbocycles. The third kappa shape index (κ3) is 2.80. The number of hydrogen-bond donors (Lipinski definition) is 1. The Bertz CT molecular complexity index is 552. The third-order valence-electron chi connectivity index (χ3n) is 4.04. The summed E-state index contributed by atoms with van der Waals surface area (Å²) in [5, 5.41) is 6.73. The van der Waals surface area contributed by atoms with E-state index in [1.165, 1.54) is 0 Å². The first-order chi connectivity index (χ1) is 9.62. The van der Waals surface area contributed by atoms with E-state index in [0.29, 0.717) is 12.3 Å². The van der Waals surface area contributed by atoms with Gasteiger partial charge in [-0.05, 0) is 26.2 Å². The smallest absolute Gasteiger partial charge is 0.246 e. The standard InChI is InChI=1S/C15H23N3O3/c1-8-11(10(3)21-17-8)7-18-9(2)13(19)16-12(14(18)20)15(4,5)6/h9,12H,7H2,1-6H3,(H,16,19). The van der Waals surface area contributed by atoms with Crippen molar-refractivity contribution < 1.29 is 14.1 Å². The highest BCUT2D eigenvalue weighted by molar-refractivity contribution is 5.97. The first-order valence-corrected chi connectivity index (χ1v) is 7.15. The van der Waals surface area contributed by atoms with Gasteiger partial charge in [0.15, 0.2) is 0 Å². The Kier molecular flexibility index (Phi) is 3.82. The molecule has 0 saturated carbocycles. The Morgan fingerprint density at radius 3 is 2.38 bits per heavy atom. The van der Waals surface area contributed by atoms with Crippen LogP contribution in [0.4, 0.5) is 0 Å². The number of carbonyl (C=O) groups is 2. The number of carbonyl (C=O) groups excluding carboxylic acids is 2. The van der Waals surface area contributed by atoms with Crippen molar-refractivity contribution in [1.29, 1.82) is 0 Å². The second-order valence-corrected chi connectivity index (χ2v) is 6.75. The highest BCUT2D eigenvalue weighted by atomic mass is 16.5. The second kappa shape index (κ2) is 5.16. The van der Waals surface area contributed by atoms with Crippen molar-refractivity contribution in [1.82, 2.24) is 15.4 Å². The van der Waals surface area contributed by atoms with Crippen LogP contribution >= 0.6 is 0 Å². The van der Waals surface area contributed by atoms with Crippen molar-refractivity contribution in [2.45, 2.75) is 60.2 Å². The summed E-state index contributed by atoms with van der Waals surface area (Å²) >= 11 is 0. The van der Waals surface area contributed by atoms with Gasteiger partial charge in [0.1, 0.15) is 17.8 Å². The van der Waals surface area contributed by atoms with Gasteiger partial charge in [-0.25, -0.2) is 0 Å². The minimum absolute atomic E-state index is 0.0606. The fourth-order valence-electron chi connectivity index (χ4n) is 2.52. The average Bonchev–Trinajstić information content (AvgIpc) is 2.68. The van der Waals surface area contributed by atoms with Crippen molar-refractivity contribution in [2.75, 3.05) is 0 Å². The summed E-state index contributed by atoms with van der Waals surface area (Å²) in [6.07, 6.45) is 0. The molecule has 2 amide bonds. The number of rotatable bonds is 2. The van der Waals surface area contributed by atoms with Gasteiger partial charge in [0.25, 0.3) is 0 Å². The Balaban J connectivity index is 2.32. The van der Waals surface area contributed by atoms with Crippen LogP contribution < -0.4 is 5.32 Å². The number of amides is 2. The van der Waals surface area contributed by atoms with E-state index in [1.807, 2.05) is 34.6 Å². The Hall–Kier alpha value is -1.85.